The summed E-state index contributed by atoms with van der Waals surface area (Å²) in [6, 6.07) is 10.0. The molecule has 2 heterocycles. The highest BCUT2D eigenvalue weighted by molar-refractivity contribution is 9.10. The number of rotatable bonds is 3. The fourth-order valence-electron chi connectivity index (χ4n) is 1.84. The van der Waals surface area contributed by atoms with E-state index in [1.54, 1.807) is 5.51 Å². The van der Waals surface area contributed by atoms with Gasteiger partial charge in [0.05, 0.1) is 15.7 Å². The Morgan fingerprint density at radius 3 is 2.60 bits per heavy atom. The zero-order valence-electron chi connectivity index (χ0n) is 10.7. The summed E-state index contributed by atoms with van der Waals surface area (Å²) in [5.41, 5.74) is 4.46. The fraction of sp³-hybridized carbons (Fsp3) is 0.0714. The molecule has 4 nitrogen and oxygen atoms in total. The van der Waals surface area contributed by atoms with Crippen LogP contribution in [0.2, 0.25) is 0 Å². The third-order valence-corrected chi connectivity index (χ3v) is 4.13. The summed E-state index contributed by atoms with van der Waals surface area (Å²) in [4.78, 5) is 13.4. The zero-order valence-corrected chi connectivity index (χ0v) is 13.1. The molecule has 0 saturated heterocycles. The fourth-order valence-corrected chi connectivity index (χ4v) is 2.97. The van der Waals surface area contributed by atoms with Gasteiger partial charge in [-0.1, -0.05) is 30.3 Å². The Hall–Kier alpha value is -1.79. The number of nitrogens with zero attached hydrogens (tertiary/aromatic N) is 3. The largest absolute Gasteiger partial charge is 0.372 e. The van der Waals surface area contributed by atoms with Crippen LogP contribution in [0.4, 0.5) is 5.82 Å². The van der Waals surface area contributed by atoms with Crippen molar-refractivity contribution in [1.29, 1.82) is 0 Å². The Morgan fingerprint density at radius 1 is 1.15 bits per heavy atom. The van der Waals surface area contributed by atoms with Crippen molar-refractivity contribution in [3.8, 4) is 22.8 Å². The molecule has 0 bridgehead atoms. The van der Waals surface area contributed by atoms with Crippen molar-refractivity contribution in [2.24, 2.45) is 0 Å². The Labute approximate surface area is 129 Å². The molecule has 0 fully saturated rings. The van der Waals surface area contributed by atoms with E-state index in [4.69, 9.17) is 0 Å². The summed E-state index contributed by atoms with van der Waals surface area (Å²) in [5, 5.41) is 5.03. The molecule has 6 heteroatoms. The first-order chi connectivity index (χ1) is 9.79. The first-order valence-corrected chi connectivity index (χ1v) is 7.72. The van der Waals surface area contributed by atoms with Gasteiger partial charge in [0.15, 0.2) is 5.82 Å². The van der Waals surface area contributed by atoms with E-state index >= 15 is 0 Å². The Balaban J connectivity index is 2.21. The average molecular weight is 347 g/mol. The number of anilines is 1. The van der Waals surface area contributed by atoms with Crippen LogP contribution in [0.5, 0.6) is 0 Å². The molecule has 0 aliphatic carbocycles. The number of hydrogen-bond acceptors (Lipinski definition) is 5. The van der Waals surface area contributed by atoms with E-state index in [2.05, 4.69) is 36.2 Å². The van der Waals surface area contributed by atoms with Crippen LogP contribution < -0.4 is 5.32 Å². The lowest BCUT2D eigenvalue weighted by Gasteiger charge is -2.10. The molecule has 0 aliphatic heterocycles. The zero-order chi connectivity index (χ0) is 13.9. The second-order valence-electron chi connectivity index (χ2n) is 4.05. The molecule has 0 amide bonds. The molecule has 3 rings (SSSR count). The van der Waals surface area contributed by atoms with E-state index in [1.807, 2.05) is 42.8 Å². The molecular formula is C14H11BrN4S. The molecule has 0 saturated carbocycles. The van der Waals surface area contributed by atoms with Crippen LogP contribution in [0.1, 0.15) is 0 Å². The van der Waals surface area contributed by atoms with Crippen LogP contribution in [-0.4, -0.2) is 22.0 Å². The van der Waals surface area contributed by atoms with Crippen molar-refractivity contribution >= 4 is 33.1 Å². The highest BCUT2D eigenvalue weighted by atomic mass is 79.9. The lowest BCUT2D eigenvalue weighted by Crippen LogP contribution is -2.01. The van der Waals surface area contributed by atoms with Crippen molar-refractivity contribution in [3.63, 3.8) is 0 Å². The Kier molecular flexibility index (Phi) is 3.75. The first-order valence-electron chi connectivity index (χ1n) is 5.99. The highest BCUT2D eigenvalue weighted by Crippen LogP contribution is 2.33. The van der Waals surface area contributed by atoms with E-state index in [0.717, 1.165) is 27.2 Å². The molecule has 0 spiro atoms. The van der Waals surface area contributed by atoms with Gasteiger partial charge < -0.3 is 5.32 Å². The number of hydrogen-bond donors (Lipinski definition) is 1. The molecule has 0 radical (unpaired) electrons. The van der Waals surface area contributed by atoms with E-state index < -0.39 is 0 Å². The van der Waals surface area contributed by atoms with Gasteiger partial charge in [-0.05, 0) is 15.9 Å². The van der Waals surface area contributed by atoms with E-state index in [1.165, 1.54) is 11.3 Å². The van der Waals surface area contributed by atoms with Gasteiger partial charge in [0.2, 0.25) is 0 Å². The van der Waals surface area contributed by atoms with Gasteiger partial charge in [-0.15, -0.1) is 11.3 Å². The van der Waals surface area contributed by atoms with Gasteiger partial charge >= 0.3 is 0 Å². The average Bonchev–Trinajstić information content (AvgIpc) is 3.03. The quantitative estimate of drug-likeness (QED) is 0.776. The van der Waals surface area contributed by atoms with Crippen LogP contribution >= 0.6 is 27.3 Å². The summed E-state index contributed by atoms with van der Waals surface area (Å²) >= 11 is 5.10. The minimum absolute atomic E-state index is 0.623. The second-order valence-corrected chi connectivity index (χ2v) is 5.56. The minimum atomic E-state index is 0.623. The number of aromatic nitrogens is 3. The van der Waals surface area contributed by atoms with Gasteiger partial charge in [-0.2, -0.15) is 0 Å². The van der Waals surface area contributed by atoms with Crippen molar-refractivity contribution in [2.75, 3.05) is 12.4 Å². The number of benzene rings is 1. The molecule has 100 valence electrons. The molecule has 1 aromatic carbocycles. The smallest absolute Gasteiger partial charge is 0.181 e. The lowest BCUT2D eigenvalue weighted by molar-refractivity contribution is 1.14. The monoisotopic (exact) mass is 346 g/mol. The van der Waals surface area contributed by atoms with E-state index in [9.17, 15) is 0 Å². The molecule has 20 heavy (non-hydrogen) atoms. The van der Waals surface area contributed by atoms with E-state index in [-0.39, 0.29) is 0 Å². The molecule has 0 atom stereocenters. The predicted octanol–water partition coefficient (Wildman–Crippen LogP) is 4.07. The summed E-state index contributed by atoms with van der Waals surface area (Å²) < 4.78 is 0.852. The topological polar surface area (TPSA) is 50.7 Å². The van der Waals surface area contributed by atoms with Crippen LogP contribution in [0.15, 0.2) is 45.7 Å². The van der Waals surface area contributed by atoms with Gasteiger partial charge in [0.1, 0.15) is 11.5 Å². The van der Waals surface area contributed by atoms with Crippen LogP contribution in [0, 0.1) is 0 Å². The predicted molar refractivity (Wildman–Crippen MR) is 85.8 cm³/mol. The third kappa shape index (κ3) is 2.44. The summed E-state index contributed by atoms with van der Waals surface area (Å²) in [6.07, 6.45) is 0. The maximum Gasteiger partial charge on any atom is 0.181 e. The highest BCUT2D eigenvalue weighted by Gasteiger charge is 2.14. The second kappa shape index (κ2) is 5.68. The normalized spacial score (nSPS) is 10.5. The first kappa shape index (κ1) is 13.2. The summed E-state index contributed by atoms with van der Waals surface area (Å²) in [5.74, 6) is 1.37. The van der Waals surface area contributed by atoms with Gasteiger partial charge in [-0.25, -0.2) is 15.0 Å². The maximum absolute atomic E-state index is 4.64. The SMILES string of the molecule is CNc1nc(-c2cscn2)nc(-c2ccccc2)c1Br. The van der Waals surface area contributed by atoms with Crippen LogP contribution in [0.25, 0.3) is 22.8 Å². The molecule has 1 N–H and O–H groups in total. The summed E-state index contributed by atoms with van der Waals surface area (Å²) in [6.45, 7) is 0. The number of nitrogens with one attached hydrogen (secondary N) is 1. The van der Waals surface area contributed by atoms with Crippen molar-refractivity contribution in [3.05, 3.63) is 45.7 Å². The van der Waals surface area contributed by atoms with E-state index in [0.29, 0.717) is 5.82 Å². The molecule has 3 aromatic rings. The van der Waals surface area contributed by atoms with Crippen molar-refractivity contribution in [1.82, 2.24) is 15.0 Å². The van der Waals surface area contributed by atoms with Crippen molar-refractivity contribution in [2.45, 2.75) is 0 Å². The molecule has 0 unspecified atom stereocenters. The van der Waals surface area contributed by atoms with Gasteiger partial charge in [0.25, 0.3) is 0 Å². The number of thiazole rings is 1. The standard InChI is InChI=1S/C14H11BrN4S/c1-16-14-11(15)12(9-5-3-2-4-6-9)18-13(19-14)10-7-20-8-17-10/h2-8H,1H3,(H,16,18,19). The minimum Gasteiger partial charge on any atom is -0.372 e. The summed E-state index contributed by atoms with van der Waals surface area (Å²) in [7, 11) is 1.84. The lowest BCUT2D eigenvalue weighted by atomic mass is 10.1. The van der Waals surface area contributed by atoms with Gasteiger partial charge in [-0.3, -0.25) is 0 Å². The Morgan fingerprint density at radius 2 is 1.95 bits per heavy atom. The molecule has 0 aliphatic rings. The number of halogens is 1. The molecular weight excluding hydrogens is 336 g/mol. The van der Waals surface area contributed by atoms with Gasteiger partial charge in [0, 0.05) is 18.0 Å². The third-order valence-electron chi connectivity index (χ3n) is 2.80. The maximum atomic E-state index is 4.64. The van der Waals surface area contributed by atoms with Crippen LogP contribution in [0.3, 0.4) is 0 Å². The van der Waals surface area contributed by atoms with Crippen LogP contribution in [-0.2, 0) is 0 Å². The Bertz CT molecular complexity index is 714. The van der Waals surface area contributed by atoms with Crippen molar-refractivity contribution < 1.29 is 0 Å². The molecule has 2 aromatic heterocycles.